The minimum absolute atomic E-state index is 0.145. The van der Waals surface area contributed by atoms with Crippen LogP contribution >= 0.6 is 18.7 Å². The third kappa shape index (κ3) is 5.13. The van der Waals surface area contributed by atoms with Gasteiger partial charge in [-0.1, -0.05) is 49.7 Å². The molecule has 4 N–H and O–H groups in total. The quantitative estimate of drug-likeness (QED) is 0.299. The zero-order chi connectivity index (χ0) is 27.8. The predicted molar refractivity (Wildman–Crippen MR) is 153 cm³/mol. The van der Waals surface area contributed by atoms with Gasteiger partial charge in [0.2, 0.25) is 5.91 Å². The van der Waals surface area contributed by atoms with Gasteiger partial charge in [-0.25, -0.2) is 9.97 Å². The van der Waals surface area contributed by atoms with Crippen LogP contribution in [-0.2, 0) is 14.8 Å². The fourth-order valence-electron chi connectivity index (χ4n) is 4.81. The van der Waals surface area contributed by atoms with Crippen LogP contribution in [0.2, 0.25) is 5.15 Å². The smallest absolute Gasteiger partial charge is 0.253 e. The van der Waals surface area contributed by atoms with Crippen molar-refractivity contribution in [2.24, 2.45) is 0 Å². The van der Waals surface area contributed by atoms with E-state index in [-0.39, 0.29) is 34.1 Å². The van der Waals surface area contributed by atoms with Crippen molar-refractivity contribution >= 4 is 53.1 Å². The monoisotopic (exact) mass is 554 g/mol. The van der Waals surface area contributed by atoms with Crippen LogP contribution in [0.1, 0.15) is 41.3 Å². The van der Waals surface area contributed by atoms with Gasteiger partial charge in [0, 0.05) is 38.1 Å². The molecule has 0 radical (unpaired) electrons. The number of anilines is 3. The van der Waals surface area contributed by atoms with Crippen LogP contribution in [0, 0.1) is 0 Å². The van der Waals surface area contributed by atoms with Crippen molar-refractivity contribution in [1.82, 2.24) is 15.3 Å². The molecule has 1 aliphatic rings. The number of nitrogens with zero attached hydrogens (tertiary/aromatic N) is 3. The third-order valence-electron chi connectivity index (χ3n) is 6.85. The van der Waals surface area contributed by atoms with E-state index in [0.29, 0.717) is 29.9 Å². The Hall–Kier alpha value is -3.42. The Labute approximate surface area is 227 Å². The Morgan fingerprint density at radius 2 is 1.82 bits per heavy atom. The lowest BCUT2D eigenvalue weighted by atomic mass is 9.69. The van der Waals surface area contributed by atoms with E-state index in [2.05, 4.69) is 34.4 Å². The zero-order valence-electron chi connectivity index (χ0n) is 22.1. The SMILES string of the molecule is CNC(=O)c1cc(Cl)ncc1NC(=O)C1(c2ccccc2C(C)C)CN(c2cc(N)c(P(C)(C)=O)cn2)C1. The maximum atomic E-state index is 14.1. The van der Waals surface area contributed by atoms with Gasteiger partial charge in [-0.3, -0.25) is 9.59 Å². The van der Waals surface area contributed by atoms with Crippen molar-refractivity contribution in [3.05, 3.63) is 70.6 Å². The largest absolute Gasteiger partial charge is 0.398 e. The summed E-state index contributed by atoms with van der Waals surface area (Å²) >= 11 is 6.03. The van der Waals surface area contributed by atoms with Crippen LogP contribution < -0.4 is 26.6 Å². The molecule has 2 amide bonds. The number of rotatable bonds is 7. The fourth-order valence-corrected chi connectivity index (χ4v) is 5.99. The number of nitrogens with one attached hydrogen (secondary N) is 2. The maximum Gasteiger partial charge on any atom is 0.253 e. The summed E-state index contributed by atoms with van der Waals surface area (Å²) in [7, 11) is -1.07. The zero-order valence-corrected chi connectivity index (χ0v) is 23.7. The lowest BCUT2D eigenvalue weighted by Gasteiger charge is -2.50. The number of amides is 2. The van der Waals surface area contributed by atoms with E-state index in [1.165, 1.54) is 19.3 Å². The number of nitrogen functional groups attached to an aromatic ring is 1. The summed E-state index contributed by atoms with van der Waals surface area (Å²) in [5.74, 6) is 0.122. The second kappa shape index (κ2) is 10.4. The fraction of sp³-hybridized carbons (Fsp3) is 0.333. The van der Waals surface area contributed by atoms with Gasteiger partial charge in [0.05, 0.1) is 22.8 Å². The molecule has 3 heterocycles. The Balaban J connectivity index is 1.73. The molecule has 11 heteroatoms. The number of hydrogen-bond donors (Lipinski definition) is 3. The first-order chi connectivity index (χ1) is 17.9. The predicted octanol–water partition coefficient (Wildman–Crippen LogP) is 3.84. The molecule has 3 aromatic rings. The number of carbonyl (C=O) groups excluding carboxylic acids is 2. The number of benzene rings is 1. The number of hydrogen-bond acceptors (Lipinski definition) is 7. The van der Waals surface area contributed by atoms with Gasteiger partial charge in [0.25, 0.3) is 5.91 Å². The van der Waals surface area contributed by atoms with Crippen LogP contribution in [0.15, 0.2) is 48.8 Å². The van der Waals surface area contributed by atoms with Crippen LogP contribution in [0.4, 0.5) is 17.2 Å². The van der Waals surface area contributed by atoms with Crippen LogP contribution in [-0.4, -0.2) is 55.2 Å². The lowest BCUT2D eigenvalue weighted by molar-refractivity contribution is -0.122. The van der Waals surface area contributed by atoms with Gasteiger partial charge in [0.1, 0.15) is 23.5 Å². The molecular weight excluding hydrogens is 523 g/mol. The molecule has 2 aromatic heterocycles. The van der Waals surface area contributed by atoms with Gasteiger partial charge >= 0.3 is 0 Å². The summed E-state index contributed by atoms with van der Waals surface area (Å²) in [6.45, 7) is 8.15. The van der Waals surface area contributed by atoms with Crippen molar-refractivity contribution in [3.63, 3.8) is 0 Å². The minimum atomic E-state index is -2.58. The summed E-state index contributed by atoms with van der Waals surface area (Å²) in [4.78, 5) is 37.1. The van der Waals surface area contributed by atoms with Crippen molar-refractivity contribution in [1.29, 1.82) is 0 Å². The first kappa shape index (κ1) is 27.6. The molecule has 38 heavy (non-hydrogen) atoms. The first-order valence-electron chi connectivity index (χ1n) is 12.2. The number of aromatic nitrogens is 2. The highest BCUT2D eigenvalue weighted by Crippen LogP contribution is 2.43. The Kier molecular flexibility index (Phi) is 7.55. The Bertz CT molecular complexity index is 1450. The summed E-state index contributed by atoms with van der Waals surface area (Å²) in [5.41, 5.74) is 8.16. The van der Waals surface area contributed by atoms with E-state index in [1.54, 1.807) is 25.6 Å². The standard InChI is InChI=1S/C27H32ClN6O3P/c1-16(2)17-8-6-7-9-19(17)27(26(36)33-21-12-31-23(28)10-18(21)25(35)30-3)14-34(15-27)24-11-20(29)22(13-32-24)38(4,5)37/h6-13,16H,14-15H2,1-5H3,(H2,29,32)(H,30,35)(H,33,36). The van der Waals surface area contributed by atoms with E-state index in [4.69, 9.17) is 17.3 Å². The van der Waals surface area contributed by atoms with Crippen LogP contribution in [0.25, 0.3) is 0 Å². The maximum absolute atomic E-state index is 14.1. The topological polar surface area (TPSA) is 130 Å². The van der Waals surface area contributed by atoms with Crippen molar-refractivity contribution in [3.8, 4) is 0 Å². The average Bonchev–Trinajstić information content (AvgIpc) is 2.83. The molecule has 1 fully saturated rings. The van der Waals surface area contributed by atoms with Gasteiger partial charge in [0.15, 0.2) is 0 Å². The molecule has 0 saturated carbocycles. The van der Waals surface area contributed by atoms with Gasteiger partial charge < -0.3 is 25.8 Å². The van der Waals surface area contributed by atoms with E-state index in [0.717, 1.165) is 11.1 Å². The lowest BCUT2D eigenvalue weighted by Crippen LogP contribution is -2.66. The van der Waals surface area contributed by atoms with E-state index in [1.807, 2.05) is 29.2 Å². The Morgan fingerprint density at radius 1 is 1.13 bits per heavy atom. The van der Waals surface area contributed by atoms with Crippen LogP contribution in [0.5, 0.6) is 0 Å². The molecule has 0 bridgehead atoms. The first-order valence-corrected chi connectivity index (χ1v) is 15.2. The van der Waals surface area contributed by atoms with E-state index < -0.39 is 12.6 Å². The molecule has 0 unspecified atom stereocenters. The van der Waals surface area contributed by atoms with Gasteiger partial charge in [-0.15, -0.1) is 0 Å². The van der Waals surface area contributed by atoms with Crippen LogP contribution in [0.3, 0.4) is 0 Å². The van der Waals surface area contributed by atoms with Crippen molar-refractivity contribution < 1.29 is 14.2 Å². The molecule has 1 saturated heterocycles. The summed E-state index contributed by atoms with van der Waals surface area (Å²) in [6.07, 6.45) is 2.95. The Morgan fingerprint density at radius 3 is 2.42 bits per heavy atom. The highest BCUT2D eigenvalue weighted by molar-refractivity contribution is 7.70. The number of nitrogens with two attached hydrogens (primary N) is 1. The second-order valence-corrected chi connectivity index (χ2v) is 13.8. The molecule has 0 aliphatic carbocycles. The van der Waals surface area contributed by atoms with Crippen molar-refractivity contribution in [2.75, 3.05) is 49.4 Å². The van der Waals surface area contributed by atoms with Gasteiger partial charge in [-0.05, 0) is 36.4 Å². The summed E-state index contributed by atoms with van der Waals surface area (Å²) < 4.78 is 12.5. The van der Waals surface area contributed by atoms with Gasteiger partial charge in [-0.2, -0.15) is 0 Å². The summed E-state index contributed by atoms with van der Waals surface area (Å²) in [5, 5.41) is 6.19. The number of pyridine rings is 2. The second-order valence-electron chi connectivity index (χ2n) is 10.2. The molecule has 0 atom stereocenters. The highest BCUT2D eigenvalue weighted by atomic mass is 35.5. The molecule has 4 rings (SSSR count). The molecule has 9 nitrogen and oxygen atoms in total. The number of halogens is 1. The van der Waals surface area contributed by atoms with Crippen molar-refractivity contribution in [2.45, 2.75) is 25.2 Å². The normalized spacial score (nSPS) is 14.7. The minimum Gasteiger partial charge on any atom is -0.398 e. The molecule has 1 aliphatic heterocycles. The molecule has 1 aromatic carbocycles. The van der Waals surface area contributed by atoms with E-state index in [9.17, 15) is 14.2 Å². The molecule has 0 spiro atoms. The average molecular weight is 555 g/mol. The molecule has 200 valence electrons. The number of carbonyl (C=O) groups is 2. The summed E-state index contributed by atoms with van der Waals surface area (Å²) in [6, 6.07) is 11.0. The van der Waals surface area contributed by atoms with E-state index >= 15 is 0 Å². The third-order valence-corrected chi connectivity index (χ3v) is 8.59. The highest BCUT2D eigenvalue weighted by Gasteiger charge is 2.52. The molecular formula is C27H32ClN6O3P.